The minimum atomic E-state index is -3.32. The van der Waals surface area contributed by atoms with E-state index >= 15 is 0 Å². The number of hydrogen-bond donors (Lipinski definition) is 1. The van der Waals surface area contributed by atoms with E-state index in [1.54, 1.807) is 12.1 Å². The molecule has 2 aliphatic rings. The molecule has 0 spiro atoms. The summed E-state index contributed by atoms with van der Waals surface area (Å²) in [5.74, 6) is 0.0289. The Bertz CT molecular complexity index is 1000. The van der Waals surface area contributed by atoms with Crippen molar-refractivity contribution in [3.05, 3.63) is 59.4 Å². The first-order valence-electron chi connectivity index (χ1n) is 9.97. The lowest BCUT2D eigenvalue weighted by molar-refractivity contribution is -0.917. The molecule has 1 fully saturated rings. The molecule has 0 aliphatic carbocycles. The van der Waals surface area contributed by atoms with Crippen molar-refractivity contribution >= 4 is 21.6 Å². The van der Waals surface area contributed by atoms with Crippen molar-refractivity contribution in [2.24, 2.45) is 0 Å². The van der Waals surface area contributed by atoms with Gasteiger partial charge >= 0.3 is 0 Å². The number of fused-ring (bicyclic) bond motifs is 1. The average Bonchev–Trinajstić information content (AvgIpc) is 3.04. The molecule has 1 aromatic heterocycles. The predicted molar refractivity (Wildman–Crippen MR) is 111 cm³/mol. The van der Waals surface area contributed by atoms with Crippen LogP contribution in [0.3, 0.4) is 0 Å². The van der Waals surface area contributed by atoms with Crippen LogP contribution < -0.4 is 9.21 Å². The molecule has 0 unspecified atom stereocenters. The van der Waals surface area contributed by atoms with Crippen LogP contribution in [0.4, 0.5) is 5.69 Å². The van der Waals surface area contributed by atoms with E-state index in [1.165, 1.54) is 21.0 Å². The van der Waals surface area contributed by atoms with Crippen LogP contribution in [0.15, 0.2) is 42.7 Å². The van der Waals surface area contributed by atoms with Gasteiger partial charge in [-0.1, -0.05) is 0 Å². The number of pyridine rings is 1. The van der Waals surface area contributed by atoms with E-state index in [-0.39, 0.29) is 11.9 Å². The van der Waals surface area contributed by atoms with Gasteiger partial charge in [-0.05, 0) is 49.2 Å². The van der Waals surface area contributed by atoms with E-state index in [4.69, 9.17) is 0 Å². The van der Waals surface area contributed by atoms with Crippen LogP contribution in [-0.2, 0) is 23.0 Å². The predicted octanol–water partition coefficient (Wildman–Crippen LogP) is 0.333. The first-order valence-corrected chi connectivity index (χ1v) is 11.8. The maximum absolute atomic E-state index is 13.0. The van der Waals surface area contributed by atoms with Crippen molar-refractivity contribution in [2.75, 3.05) is 36.7 Å². The number of sulfonamides is 1. The number of nitrogens with one attached hydrogen (secondary N) is 1. The number of carbonyl (C=O) groups is 1. The molecular formula is C21H27N4O3S+. The third kappa shape index (κ3) is 4.13. The molecule has 3 heterocycles. The molecule has 1 amide bonds. The highest BCUT2D eigenvalue weighted by molar-refractivity contribution is 7.92. The number of carbonyl (C=O) groups excluding carboxylic acids is 1. The van der Waals surface area contributed by atoms with Gasteiger partial charge < -0.3 is 9.80 Å². The second kappa shape index (κ2) is 7.76. The highest BCUT2D eigenvalue weighted by atomic mass is 32.2. The van der Waals surface area contributed by atoms with Crippen LogP contribution in [-0.4, -0.2) is 62.7 Å². The summed E-state index contributed by atoms with van der Waals surface area (Å²) in [6, 6.07) is 9.36. The van der Waals surface area contributed by atoms with E-state index in [0.29, 0.717) is 17.7 Å². The fourth-order valence-electron chi connectivity index (χ4n) is 4.42. The van der Waals surface area contributed by atoms with E-state index in [2.05, 4.69) is 4.98 Å². The molecule has 1 aromatic carbocycles. The van der Waals surface area contributed by atoms with Crippen LogP contribution in [0.5, 0.6) is 0 Å². The van der Waals surface area contributed by atoms with Crippen LogP contribution in [0.2, 0.25) is 0 Å². The zero-order chi connectivity index (χ0) is 20.6. The van der Waals surface area contributed by atoms with Crippen LogP contribution >= 0.6 is 0 Å². The van der Waals surface area contributed by atoms with Gasteiger partial charge in [0.2, 0.25) is 10.0 Å². The average molecular weight is 416 g/mol. The van der Waals surface area contributed by atoms with Gasteiger partial charge in [0.1, 0.15) is 6.54 Å². The van der Waals surface area contributed by atoms with Gasteiger partial charge in [-0.2, -0.15) is 0 Å². The molecule has 8 heteroatoms. The Morgan fingerprint density at radius 2 is 1.86 bits per heavy atom. The number of amides is 1. The zero-order valence-corrected chi connectivity index (χ0v) is 17.7. The molecule has 1 atom stereocenters. The van der Waals surface area contributed by atoms with Crippen LogP contribution in [0.1, 0.15) is 28.4 Å². The van der Waals surface area contributed by atoms with Gasteiger partial charge in [0.25, 0.3) is 5.91 Å². The maximum Gasteiger partial charge on any atom is 0.254 e. The number of quaternary nitrogens is 1. The van der Waals surface area contributed by atoms with Crippen LogP contribution in [0.25, 0.3) is 0 Å². The monoisotopic (exact) mass is 415 g/mol. The Kier molecular flexibility index (Phi) is 5.31. The van der Waals surface area contributed by atoms with Crippen molar-refractivity contribution in [3.8, 4) is 0 Å². The quantitative estimate of drug-likeness (QED) is 0.781. The van der Waals surface area contributed by atoms with Gasteiger partial charge in [-0.15, -0.1) is 0 Å². The minimum absolute atomic E-state index is 0.0289. The number of nitrogens with zero attached hydrogens (tertiary/aromatic N) is 3. The molecule has 0 radical (unpaired) electrons. The normalized spacial score (nSPS) is 20.0. The molecule has 154 valence electrons. The number of benzene rings is 1. The summed E-state index contributed by atoms with van der Waals surface area (Å²) >= 11 is 0. The number of anilines is 1. The Hall–Kier alpha value is -2.45. The number of piperazine rings is 1. The standard InChI is InChI=1S/C21H26N4O3S/c1-16-13-19-14-18(3-4-20(19)25(16)29(2,27)28)21(26)24-11-9-23(10-12-24)15-17-5-7-22-8-6-17/h3-8,14,16H,9-13,15H2,1-2H3/p+1/t16-/m1/s1. The van der Waals surface area contributed by atoms with Crippen molar-refractivity contribution in [1.82, 2.24) is 9.88 Å². The number of hydrogen-bond acceptors (Lipinski definition) is 4. The first-order chi connectivity index (χ1) is 13.8. The van der Waals surface area contributed by atoms with E-state index in [0.717, 1.165) is 38.3 Å². The molecule has 0 saturated carbocycles. The minimum Gasteiger partial charge on any atom is -0.328 e. The molecule has 4 rings (SSSR count). The second-order valence-electron chi connectivity index (χ2n) is 8.03. The number of rotatable bonds is 4. The van der Waals surface area contributed by atoms with Crippen molar-refractivity contribution in [2.45, 2.75) is 25.9 Å². The van der Waals surface area contributed by atoms with E-state index < -0.39 is 10.0 Å². The molecule has 2 aromatic rings. The third-order valence-corrected chi connectivity index (χ3v) is 7.07. The molecule has 1 N–H and O–H groups in total. The molecule has 1 saturated heterocycles. The summed E-state index contributed by atoms with van der Waals surface area (Å²) in [5, 5.41) is 0. The highest BCUT2D eigenvalue weighted by Gasteiger charge is 2.33. The van der Waals surface area contributed by atoms with Gasteiger partial charge in [-0.25, -0.2) is 8.42 Å². The fraction of sp³-hybridized carbons (Fsp3) is 0.429. The largest absolute Gasteiger partial charge is 0.328 e. The Labute approximate surface area is 172 Å². The zero-order valence-electron chi connectivity index (χ0n) is 16.8. The summed E-state index contributed by atoms with van der Waals surface area (Å²) in [6.45, 7) is 6.12. The first kappa shape index (κ1) is 19.8. The van der Waals surface area contributed by atoms with E-state index in [9.17, 15) is 13.2 Å². The summed E-state index contributed by atoms with van der Waals surface area (Å²) in [5.41, 5.74) is 3.53. The Morgan fingerprint density at radius 1 is 1.17 bits per heavy atom. The van der Waals surface area contributed by atoms with Crippen LogP contribution in [0, 0.1) is 0 Å². The van der Waals surface area contributed by atoms with Gasteiger partial charge in [0.05, 0.1) is 38.1 Å². The lowest BCUT2D eigenvalue weighted by Crippen LogP contribution is -3.13. The topological polar surface area (TPSA) is 75.0 Å². The van der Waals surface area contributed by atoms with Crippen molar-refractivity contribution in [3.63, 3.8) is 0 Å². The lowest BCUT2D eigenvalue weighted by Gasteiger charge is -2.32. The summed E-state index contributed by atoms with van der Waals surface area (Å²) in [4.78, 5) is 20.4. The Morgan fingerprint density at radius 3 is 2.52 bits per heavy atom. The molecular weight excluding hydrogens is 388 g/mol. The summed E-state index contributed by atoms with van der Waals surface area (Å²) in [6.07, 6.45) is 5.49. The van der Waals surface area contributed by atoms with Gasteiger partial charge in [0.15, 0.2) is 0 Å². The number of aromatic nitrogens is 1. The van der Waals surface area contributed by atoms with Crippen molar-refractivity contribution < 1.29 is 18.1 Å². The summed E-state index contributed by atoms with van der Waals surface area (Å²) < 4.78 is 25.6. The SMILES string of the molecule is C[C@@H]1Cc2cc(C(=O)N3CC[NH+](Cc4ccncc4)CC3)ccc2N1S(C)(=O)=O. The van der Waals surface area contributed by atoms with E-state index in [1.807, 2.05) is 42.4 Å². The molecule has 29 heavy (non-hydrogen) atoms. The van der Waals surface area contributed by atoms with Gasteiger partial charge in [0, 0.05) is 29.6 Å². The second-order valence-corrected chi connectivity index (χ2v) is 9.89. The molecule has 0 bridgehead atoms. The lowest BCUT2D eigenvalue weighted by atomic mass is 10.1. The highest BCUT2D eigenvalue weighted by Crippen LogP contribution is 2.34. The van der Waals surface area contributed by atoms with Crippen molar-refractivity contribution in [1.29, 1.82) is 0 Å². The van der Waals surface area contributed by atoms with Gasteiger partial charge in [-0.3, -0.25) is 14.1 Å². The molecule has 2 aliphatic heterocycles. The fourth-order valence-corrected chi connectivity index (χ4v) is 5.68. The Balaban J connectivity index is 1.42. The smallest absolute Gasteiger partial charge is 0.254 e. The molecule has 7 nitrogen and oxygen atoms in total. The third-order valence-electron chi connectivity index (χ3n) is 5.80. The maximum atomic E-state index is 13.0. The summed E-state index contributed by atoms with van der Waals surface area (Å²) in [7, 11) is -3.32.